The fraction of sp³-hybridized carbons (Fsp3) is 0. The van der Waals surface area contributed by atoms with Crippen molar-refractivity contribution in [1.82, 2.24) is 0 Å². The highest BCUT2D eigenvalue weighted by molar-refractivity contribution is 6.22. The Labute approximate surface area is 174 Å². The number of hydrogen-bond donors (Lipinski definition) is 1. The van der Waals surface area contributed by atoms with Gasteiger partial charge in [-0.1, -0.05) is 84.9 Å². The number of nitrogens with one attached hydrogen (secondary N) is 1. The summed E-state index contributed by atoms with van der Waals surface area (Å²) in [5.41, 5.74) is 6.23. The second kappa shape index (κ2) is 6.78. The smallest absolute Gasteiger partial charge is 0.159 e. The third kappa shape index (κ3) is 2.73. The van der Waals surface area contributed by atoms with Gasteiger partial charge in [-0.15, -0.1) is 0 Å². The van der Waals surface area contributed by atoms with E-state index in [0.29, 0.717) is 0 Å². The van der Waals surface area contributed by atoms with Gasteiger partial charge in [-0.3, -0.25) is 0 Å². The van der Waals surface area contributed by atoms with Crippen molar-refractivity contribution in [3.05, 3.63) is 109 Å². The van der Waals surface area contributed by atoms with E-state index in [-0.39, 0.29) is 0 Å². The molecule has 0 aliphatic carbocycles. The Morgan fingerprint density at radius 2 is 1.23 bits per heavy atom. The fourth-order valence-corrected chi connectivity index (χ4v) is 4.20. The van der Waals surface area contributed by atoms with E-state index in [1.807, 2.05) is 18.2 Å². The summed E-state index contributed by atoms with van der Waals surface area (Å²) in [7, 11) is 0. The SMILES string of the molecule is c1ccc(-c2ccc(Nc3cc4ccccc4c4c3oc3ccccc34)cc2)cc1. The van der Waals surface area contributed by atoms with Gasteiger partial charge < -0.3 is 9.73 Å². The van der Waals surface area contributed by atoms with Crippen molar-refractivity contribution in [3.8, 4) is 11.1 Å². The first-order valence-corrected chi connectivity index (χ1v) is 10.1. The lowest BCUT2D eigenvalue weighted by atomic mass is 10.0. The van der Waals surface area contributed by atoms with Gasteiger partial charge in [-0.2, -0.15) is 0 Å². The Kier molecular flexibility index (Phi) is 3.82. The van der Waals surface area contributed by atoms with Crippen LogP contribution in [0.1, 0.15) is 0 Å². The molecule has 0 spiro atoms. The summed E-state index contributed by atoms with van der Waals surface area (Å²) in [5, 5.41) is 8.29. The van der Waals surface area contributed by atoms with E-state index in [4.69, 9.17) is 4.42 Å². The van der Waals surface area contributed by atoms with Gasteiger partial charge in [0.15, 0.2) is 5.58 Å². The number of hydrogen-bond acceptors (Lipinski definition) is 2. The van der Waals surface area contributed by atoms with Gasteiger partial charge in [0.2, 0.25) is 0 Å². The summed E-state index contributed by atoms with van der Waals surface area (Å²) in [4.78, 5) is 0. The molecule has 0 atom stereocenters. The molecule has 0 unspecified atom stereocenters. The zero-order chi connectivity index (χ0) is 19.9. The van der Waals surface area contributed by atoms with E-state index in [1.165, 1.54) is 21.9 Å². The summed E-state index contributed by atoms with van der Waals surface area (Å²) >= 11 is 0. The van der Waals surface area contributed by atoms with Crippen molar-refractivity contribution < 1.29 is 4.42 Å². The molecular formula is C28H19NO. The molecule has 0 fully saturated rings. The predicted octanol–water partition coefficient (Wildman–Crippen LogP) is 8.15. The van der Waals surface area contributed by atoms with E-state index in [1.54, 1.807) is 0 Å². The molecule has 0 radical (unpaired) electrons. The van der Waals surface area contributed by atoms with Crippen LogP contribution in [-0.2, 0) is 0 Å². The second-order valence-electron chi connectivity index (χ2n) is 7.52. The van der Waals surface area contributed by atoms with Gasteiger partial charge >= 0.3 is 0 Å². The van der Waals surface area contributed by atoms with Crippen LogP contribution < -0.4 is 5.32 Å². The lowest BCUT2D eigenvalue weighted by molar-refractivity contribution is 0.670. The Morgan fingerprint density at radius 3 is 2.07 bits per heavy atom. The van der Waals surface area contributed by atoms with Crippen molar-refractivity contribution in [3.63, 3.8) is 0 Å². The van der Waals surface area contributed by atoms with Crippen LogP contribution in [0.25, 0.3) is 43.8 Å². The van der Waals surface area contributed by atoms with Gasteiger partial charge in [0.05, 0.1) is 5.69 Å². The normalized spacial score (nSPS) is 11.3. The maximum absolute atomic E-state index is 6.29. The van der Waals surface area contributed by atoms with Crippen LogP contribution in [0.2, 0.25) is 0 Å². The highest BCUT2D eigenvalue weighted by atomic mass is 16.3. The number of furan rings is 1. The van der Waals surface area contributed by atoms with Gasteiger partial charge in [0, 0.05) is 16.5 Å². The molecule has 0 amide bonds. The van der Waals surface area contributed by atoms with Gasteiger partial charge in [-0.05, 0) is 46.2 Å². The minimum Gasteiger partial charge on any atom is -0.454 e. The second-order valence-corrected chi connectivity index (χ2v) is 7.52. The van der Waals surface area contributed by atoms with Gasteiger partial charge in [-0.25, -0.2) is 0 Å². The monoisotopic (exact) mass is 385 g/mol. The molecule has 0 saturated carbocycles. The van der Waals surface area contributed by atoms with Crippen molar-refractivity contribution in [2.24, 2.45) is 0 Å². The van der Waals surface area contributed by atoms with Crippen LogP contribution >= 0.6 is 0 Å². The van der Waals surface area contributed by atoms with Crippen molar-refractivity contribution >= 4 is 44.1 Å². The molecule has 0 aliphatic heterocycles. The molecule has 1 heterocycles. The highest BCUT2D eigenvalue weighted by Crippen LogP contribution is 2.40. The van der Waals surface area contributed by atoms with Crippen LogP contribution in [0.15, 0.2) is 114 Å². The predicted molar refractivity (Wildman–Crippen MR) is 126 cm³/mol. The van der Waals surface area contributed by atoms with Crippen LogP contribution in [0.5, 0.6) is 0 Å². The van der Waals surface area contributed by atoms with Crippen molar-refractivity contribution in [1.29, 1.82) is 0 Å². The molecule has 5 aromatic carbocycles. The number of para-hydroxylation sites is 1. The number of anilines is 2. The molecule has 0 saturated heterocycles. The third-order valence-electron chi connectivity index (χ3n) is 5.64. The van der Waals surface area contributed by atoms with Crippen molar-refractivity contribution in [2.45, 2.75) is 0 Å². The molecule has 30 heavy (non-hydrogen) atoms. The Hall–Kier alpha value is -4.04. The van der Waals surface area contributed by atoms with E-state index < -0.39 is 0 Å². The maximum atomic E-state index is 6.29. The number of benzene rings is 5. The quantitative estimate of drug-likeness (QED) is 0.332. The largest absolute Gasteiger partial charge is 0.454 e. The summed E-state index contributed by atoms with van der Waals surface area (Å²) in [6.45, 7) is 0. The molecule has 2 nitrogen and oxygen atoms in total. The topological polar surface area (TPSA) is 25.2 Å². The molecule has 142 valence electrons. The molecule has 6 aromatic rings. The van der Waals surface area contributed by atoms with E-state index in [0.717, 1.165) is 33.3 Å². The lowest BCUT2D eigenvalue weighted by Gasteiger charge is -2.10. The van der Waals surface area contributed by atoms with Crippen LogP contribution in [0, 0.1) is 0 Å². The molecule has 1 N–H and O–H groups in total. The summed E-state index contributed by atoms with van der Waals surface area (Å²) in [6.07, 6.45) is 0. The molecule has 0 aliphatic rings. The van der Waals surface area contributed by atoms with E-state index in [2.05, 4.69) is 96.3 Å². The van der Waals surface area contributed by atoms with Crippen LogP contribution in [0.3, 0.4) is 0 Å². The fourth-order valence-electron chi connectivity index (χ4n) is 4.20. The first-order chi connectivity index (χ1) is 14.9. The van der Waals surface area contributed by atoms with Crippen molar-refractivity contribution in [2.75, 3.05) is 5.32 Å². The number of fused-ring (bicyclic) bond motifs is 5. The third-order valence-corrected chi connectivity index (χ3v) is 5.64. The van der Waals surface area contributed by atoms with Crippen LogP contribution in [-0.4, -0.2) is 0 Å². The Balaban J connectivity index is 1.49. The average Bonchev–Trinajstić information content (AvgIpc) is 3.21. The van der Waals surface area contributed by atoms with Crippen LogP contribution in [0.4, 0.5) is 11.4 Å². The first-order valence-electron chi connectivity index (χ1n) is 10.1. The Bertz CT molecular complexity index is 1490. The standard InChI is InChI=1S/C28H19NO/c1-2-8-19(9-3-1)20-14-16-22(17-15-20)29-25-18-21-10-4-5-11-23(21)27-24-12-6-7-13-26(24)30-28(25)27/h1-18,29H. The maximum Gasteiger partial charge on any atom is 0.159 e. The van der Waals surface area contributed by atoms with Gasteiger partial charge in [0.1, 0.15) is 5.58 Å². The average molecular weight is 385 g/mol. The lowest BCUT2D eigenvalue weighted by Crippen LogP contribution is -1.91. The zero-order valence-corrected chi connectivity index (χ0v) is 16.3. The Morgan fingerprint density at radius 1 is 0.567 bits per heavy atom. The zero-order valence-electron chi connectivity index (χ0n) is 16.3. The van der Waals surface area contributed by atoms with Gasteiger partial charge in [0.25, 0.3) is 0 Å². The molecule has 1 aromatic heterocycles. The first kappa shape index (κ1) is 16.9. The van der Waals surface area contributed by atoms with E-state index >= 15 is 0 Å². The molecule has 6 rings (SSSR count). The minimum atomic E-state index is 0.891. The van der Waals surface area contributed by atoms with E-state index in [9.17, 15) is 0 Å². The summed E-state index contributed by atoms with van der Waals surface area (Å²) < 4.78 is 6.29. The summed E-state index contributed by atoms with van der Waals surface area (Å²) in [5.74, 6) is 0. The molecular weight excluding hydrogens is 366 g/mol. The minimum absolute atomic E-state index is 0.891. The molecule has 2 heteroatoms. The molecule has 0 bridgehead atoms. The number of rotatable bonds is 3. The summed E-state index contributed by atoms with van der Waals surface area (Å²) in [6, 6.07) is 37.8. The highest BCUT2D eigenvalue weighted by Gasteiger charge is 2.14.